The molecular formula is C25H31F3O2. The molecule has 0 spiro atoms. The van der Waals surface area contributed by atoms with Gasteiger partial charge in [-0.25, -0.2) is 13.2 Å². The van der Waals surface area contributed by atoms with Gasteiger partial charge < -0.3 is 9.47 Å². The smallest absolute Gasteiger partial charge is 0.157 e. The molecule has 1 aliphatic carbocycles. The Hall–Kier alpha value is -1.77. The zero-order valence-electron chi connectivity index (χ0n) is 17.6. The Morgan fingerprint density at radius 1 is 1.03 bits per heavy atom. The zero-order chi connectivity index (χ0) is 21.3. The Labute approximate surface area is 177 Å². The number of rotatable bonds is 6. The Kier molecular flexibility index (Phi) is 8.84. The van der Waals surface area contributed by atoms with Crippen LogP contribution in [0, 0.1) is 41.2 Å². The first-order valence-corrected chi connectivity index (χ1v) is 11.1. The Morgan fingerprint density at radius 2 is 1.70 bits per heavy atom. The lowest BCUT2D eigenvalue weighted by atomic mass is 9.82. The molecule has 2 nitrogen and oxygen atoms in total. The predicted molar refractivity (Wildman–Crippen MR) is 111 cm³/mol. The number of hydrogen-bond donors (Lipinski definition) is 0. The lowest BCUT2D eigenvalue weighted by molar-refractivity contribution is -0.203. The molecule has 30 heavy (non-hydrogen) atoms. The topological polar surface area (TPSA) is 18.5 Å². The van der Waals surface area contributed by atoms with E-state index in [2.05, 4.69) is 18.8 Å². The van der Waals surface area contributed by atoms with Crippen molar-refractivity contribution < 1.29 is 22.6 Å². The zero-order valence-corrected chi connectivity index (χ0v) is 17.6. The SMILES string of the molecule is CCC[C@H]1CO[C@H](CCc2cc(F)c(C#C[C@H]3CC[C@H](C=CF)CC3)c(F)c2)OC1. The average Bonchev–Trinajstić information content (AvgIpc) is 2.74. The van der Waals surface area contributed by atoms with Crippen LogP contribution < -0.4 is 0 Å². The number of halogens is 3. The molecule has 0 radical (unpaired) electrons. The molecule has 3 rings (SSSR count). The van der Waals surface area contributed by atoms with Crippen molar-refractivity contribution in [3.63, 3.8) is 0 Å². The molecule has 0 atom stereocenters. The highest BCUT2D eigenvalue weighted by molar-refractivity contribution is 5.39. The van der Waals surface area contributed by atoms with E-state index in [9.17, 15) is 13.2 Å². The largest absolute Gasteiger partial charge is 0.352 e. The van der Waals surface area contributed by atoms with Crippen molar-refractivity contribution in [2.45, 2.75) is 64.6 Å². The lowest BCUT2D eigenvalue weighted by Gasteiger charge is -2.29. The normalized spacial score (nSPS) is 27.1. The van der Waals surface area contributed by atoms with Crippen LogP contribution in [0.1, 0.15) is 63.0 Å². The molecule has 164 valence electrons. The van der Waals surface area contributed by atoms with Gasteiger partial charge in [-0.1, -0.05) is 31.3 Å². The van der Waals surface area contributed by atoms with E-state index < -0.39 is 11.6 Å². The van der Waals surface area contributed by atoms with Crippen molar-refractivity contribution in [3.8, 4) is 11.8 Å². The molecule has 1 aliphatic heterocycles. The van der Waals surface area contributed by atoms with Crippen LogP contribution in [0.2, 0.25) is 0 Å². The van der Waals surface area contributed by atoms with Crippen molar-refractivity contribution in [1.29, 1.82) is 0 Å². The maximum Gasteiger partial charge on any atom is 0.157 e. The summed E-state index contributed by atoms with van der Waals surface area (Å²) in [5.74, 6) is 5.25. The molecule has 2 fully saturated rings. The average molecular weight is 421 g/mol. The summed E-state index contributed by atoms with van der Waals surface area (Å²) in [6.45, 7) is 3.50. The van der Waals surface area contributed by atoms with E-state index in [4.69, 9.17) is 9.47 Å². The van der Waals surface area contributed by atoms with Crippen LogP contribution in [0.15, 0.2) is 24.5 Å². The molecule has 0 aromatic heterocycles. The van der Waals surface area contributed by atoms with Gasteiger partial charge in [0.1, 0.15) is 11.6 Å². The fourth-order valence-corrected chi connectivity index (χ4v) is 4.23. The van der Waals surface area contributed by atoms with Gasteiger partial charge in [0.25, 0.3) is 0 Å². The Bertz CT molecular complexity index is 741. The molecule has 0 amide bonds. The predicted octanol–water partition coefficient (Wildman–Crippen LogP) is 6.33. The number of hydrogen-bond acceptors (Lipinski definition) is 2. The molecule has 2 aliphatic rings. The van der Waals surface area contributed by atoms with Gasteiger partial charge >= 0.3 is 0 Å². The molecule has 5 heteroatoms. The molecule has 1 heterocycles. The van der Waals surface area contributed by atoms with Gasteiger partial charge in [-0.3, -0.25) is 0 Å². The fourth-order valence-electron chi connectivity index (χ4n) is 4.23. The maximum atomic E-state index is 14.5. The van der Waals surface area contributed by atoms with Crippen LogP contribution in [-0.4, -0.2) is 19.5 Å². The quantitative estimate of drug-likeness (QED) is 0.501. The molecule has 0 N–H and O–H groups in total. The number of aryl methyl sites for hydroxylation is 1. The third-order valence-electron chi connectivity index (χ3n) is 6.02. The Balaban J connectivity index is 1.52. The summed E-state index contributed by atoms with van der Waals surface area (Å²) in [5.41, 5.74) is 0.411. The molecule has 1 aromatic carbocycles. The van der Waals surface area contributed by atoms with Gasteiger partial charge in [-0.05, 0) is 62.1 Å². The summed E-state index contributed by atoms with van der Waals surface area (Å²) in [7, 11) is 0. The number of allylic oxidation sites excluding steroid dienone is 1. The second kappa shape index (κ2) is 11.6. The van der Waals surface area contributed by atoms with E-state index in [1.165, 1.54) is 12.1 Å². The van der Waals surface area contributed by atoms with E-state index in [1.807, 2.05) is 0 Å². The lowest BCUT2D eigenvalue weighted by Crippen LogP contribution is -2.32. The van der Waals surface area contributed by atoms with Gasteiger partial charge in [0.2, 0.25) is 0 Å². The summed E-state index contributed by atoms with van der Waals surface area (Å²) < 4.78 is 52.7. The standard InChI is InChI=1S/C25H31F3O2/c1-2-3-21-16-29-25(30-17-21)11-9-20-14-23(27)22(24(28)15-20)10-8-18-4-6-19(7-5-18)12-13-26/h12-15,18-19,21,25H,2-7,9,11,16-17H2,1H3/t18-,19-,21-,25-. The molecule has 1 saturated carbocycles. The molecule has 1 aromatic rings. The monoisotopic (exact) mass is 420 g/mol. The van der Waals surface area contributed by atoms with Gasteiger partial charge in [-0.2, -0.15) is 0 Å². The highest BCUT2D eigenvalue weighted by atomic mass is 19.1. The van der Waals surface area contributed by atoms with Crippen LogP contribution in [0.5, 0.6) is 0 Å². The second-order valence-electron chi connectivity index (χ2n) is 8.42. The third-order valence-corrected chi connectivity index (χ3v) is 6.02. The summed E-state index contributed by atoms with van der Waals surface area (Å²) >= 11 is 0. The van der Waals surface area contributed by atoms with Crippen molar-refractivity contribution in [1.82, 2.24) is 0 Å². The van der Waals surface area contributed by atoms with Gasteiger partial charge in [-0.15, -0.1) is 0 Å². The van der Waals surface area contributed by atoms with Crippen molar-refractivity contribution in [3.05, 3.63) is 47.3 Å². The Morgan fingerprint density at radius 3 is 2.30 bits per heavy atom. The minimum absolute atomic E-state index is 0.102. The summed E-state index contributed by atoms with van der Waals surface area (Å²) in [5, 5.41) is 0. The molecule has 0 bridgehead atoms. The highest BCUT2D eigenvalue weighted by Crippen LogP contribution is 2.29. The van der Waals surface area contributed by atoms with Crippen molar-refractivity contribution in [2.75, 3.05) is 13.2 Å². The van der Waals surface area contributed by atoms with Crippen LogP contribution in [0.25, 0.3) is 0 Å². The maximum absolute atomic E-state index is 14.5. The van der Waals surface area contributed by atoms with Crippen LogP contribution >= 0.6 is 0 Å². The number of ether oxygens (including phenoxy) is 2. The minimum atomic E-state index is -0.625. The first-order valence-electron chi connectivity index (χ1n) is 11.1. The van der Waals surface area contributed by atoms with Gasteiger partial charge in [0.15, 0.2) is 6.29 Å². The van der Waals surface area contributed by atoms with Crippen LogP contribution in [-0.2, 0) is 15.9 Å². The van der Waals surface area contributed by atoms with Crippen molar-refractivity contribution in [2.24, 2.45) is 17.8 Å². The summed E-state index contributed by atoms with van der Waals surface area (Å²) in [6.07, 6.45) is 8.46. The highest BCUT2D eigenvalue weighted by Gasteiger charge is 2.22. The van der Waals surface area contributed by atoms with E-state index in [1.54, 1.807) is 6.08 Å². The third kappa shape index (κ3) is 6.62. The molecular weight excluding hydrogens is 389 g/mol. The van der Waals surface area contributed by atoms with E-state index in [0.717, 1.165) is 38.5 Å². The van der Waals surface area contributed by atoms with Gasteiger partial charge in [0, 0.05) is 18.3 Å². The molecule has 1 saturated heterocycles. The summed E-state index contributed by atoms with van der Waals surface area (Å²) in [4.78, 5) is 0. The second-order valence-corrected chi connectivity index (χ2v) is 8.42. The minimum Gasteiger partial charge on any atom is -0.352 e. The first-order chi connectivity index (χ1) is 14.6. The first kappa shape index (κ1) is 22.9. The molecule has 0 unspecified atom stereocenters. The van der Waals surface area contributed by atoms with Crippen LogP contribution in [0.3, 0.4) is 0 Å². The van der Waals surface area contributed by atoms with E-state index in [0.29, 0.717) is 43.9 Å². The number of benzene rings is 1. The van der Waals surface area contributed by atoms with E-state index >= 15 is 0 Å². The van der Waals surface area contributed by atoms with Crippen molar-refractivity contribution >= 4 is 0 Å². The summed E-state index contributed by atoms with van der Waals surface area (Å²) in [6, 6.07) is 2.72. The fraction of sp³-hybridized carbons (Fsp3) is 0.600. The van der Waals surface area contributed by atoms with Gasteiger partial charge in [0.05, 0.1) is 25.1 Å². The van der Waals surface area contributed by atoms with Crippen LogP contribution in [0.4, 0.5) is 13.2 Å². The van der Waals surface area contributed by atoms with E-state index in [-0.39, 0.29) is 23.7 Å².